The second-order valence-electron chi connectivity index (χ2n) is 5.22. The number of nitrogens with one attached hydrogen (secondary N) is 1. The molecule has 0 aromatic heterocycles. The average molecular weight is 305 g/mol. The zero-order valence-electron chi connectivity index (χ0n) is 13.1. The van der Waals surface area contributed by atoms with Crippen molar-refractivity contribution in [2.24, 2.45) is 0 Å². The van der Waals surface area contributed by atoms with Crippen LogP contribution < -0.4 is 5.32 Å². The first kappa shape index (κ1) is 17.9. The van der Waals surface area contributed by atoms with Crippen molar-refractivity contribution < 1.29 is 14.7 Å². The molecule has 0 atom stereocenters. The minimum absolute atomic E-state index is 0.0388. The Hall–Kier alpha value is -2.18. The summed E-state index contributed by atoms with van der Waals surface area (Å²) in [5, 5.41) is 11.8. The topological polar surface area (TPSA) is 72.9 Å². The lowest BCUT2D eigenvalue weighted by atomic mass is 9.85. The number of carbonyl (C=O) groups is 2. The van der Waals surface area contributed by atoms with Crippen LogP contribution in [0.15, 0.2) is 0 Å². The average Bonchev–Trinajstić information content (AvgIpc) is 2.44. The molecule has 0 radical (unpaired) electrons. The molecule has 1 aliphatic rings. The van der Waals surface area contributed by atoms with Gasteiger partial charge in [-0.15, -0.1) is 12.3 Å². The number of carbonyl (C=O) groups excluding carboxylic acids is 1. The van der Waals surface area contributed by atoms with Crippen LogP contribution in [0.4, 0.5) is 4.79 Å². The molecule has 6 heteroatoms. The van der Waals surface area contributed by atoms with Crippen LogP contribution in [0, 0.1) is 24.2 Å². The van der Waals surface area contributed by atoms with Gasteiger partial charge in [-0.05, 0) is 26.3 Å². The van der Waals surface area contributed by atoms with Crippen molar-refractivity contribution in [3.8, 4) is 24.2 Å². The molecule has 0 bridgehead atoms. The summed E-state index contributed by atoms with van der Waals surface area (Å²) < 4.78 is 0. The number of carboxylic acids is 1. The van der Waals surface area contributed by atoms with Crippen LogP contribution in [-0.2, 0) is 4.79 Å². The summed E-state index contributed by atoms with van der Waals surface area (Å²) in [4.78, 5) is 26.3. The summed E-state index contributed by atoms with van der Waals surface area (Å²) >= 11 is 0. The van der Waals surface area contributed by atoms with Crippen molar-refractivity contribution in [1.29, 1.82) is 0 Å². The number of carboxylic acid groups (broad SMARTS) is 1. The highest BCUT2D eigenvalue weighted by atomic mass is 16.4. The Bertz CT molecular complexity index is 495. The van der Waals surface area contributed by atoms with E-state index in [0.29, 0.717) is 13.1 Å². The Morgan fingerprint density at radius 1 is 1.36 bits per heavy atom. The van der Waals surface area contributed by atoms with Gasteiger partial charge in [-0.1, -0.05) is 18.8 Å². The Morgan fingerprint density at radius 3 is 2.55 bits per heavy atom. The predicted molar refractivity (Wildman–Crippen MR) is 84.1 cm³/mol. The number of hydrogen-bond acceptors (Lipinski definition) is 3. The number of amides is 2. The molecular weight excluding hydrogens is 282 g/mol. The number of likely N-dealkylation sites (N-methyl/N-ethyl adjacent to an activating group) is 1. The van der Waals surface area contributed by atoms with Crippen molar-refractivity contribution >= 4 is 12.0 Å². The third-order valence-corrected chi connectivity index (χ3v) is 3.72. The Morgan fingerprint density at radius 2 is 2.05 bits per heavy atom. The number of nitrogens with zero attached hydrogens (tertiary/aromatic N) is 2. The highest BCUT2D eigenvalue weighted by Gasteiger charge is 2.35. The second kappa shape index (κ2) is 8.96. The Balaban J connectivity index is 2.42. The van der Waals surface area contributed by atoms with E-state index in [1.807, 2.05) is 11.8 Å². The first-order valence-electron chi connectivity index (χ1n) is 7.36. The van der Waals surface area contributed by atoms with E-state index >= 15 is 0 Å². The van der Waals surface area contributed by atoms with E-state index < -0.39 is 5.97 Å². The fraction of sp³-hybridized carbons (Fsp3) is 0.625. The first-order chi connectivity index (χ1) is 10.5. The lowest BCUT2D eigenvalue weighted by Crippen LogP contribution is -2.56. The van der Waals surface area contributed by atoms with Gasteiger partial charge in [0, 0.05) is 12.1 Å². The number of rotatable bonds is 7. The fourth-order valence-corrected chi connectivity index (χ4v) is 2.43. The van der Waals surface area contributed by atoms with Crippen molar-refractivity contribution in [3.05, 3.63) is 0 Å². The van der Waals surface area contributed by atoms with E-state index in [-0.39, 0.29) is 31.2 Å². The summed E-state index contributed by atoms with van der Waals surface area (Å²) in [6.45, 7) is 4.90. The molecule has 0 saturated heterocycles. The monoisotopic (exact) mass is 305 g/mol. The van der Waals surface area contributed by atoms with Gasteiger partial charge in [0.1, 0.15) is 0 Å². The summed E-state index contributed by atoms with van der Waals surface area (Å²) in [7, 11) is 0. The number of aliphatic carboxylic acids is 1. The van der Waals surface area contributed by atoms with E-state index in [2.05, 4.69) is 23.1 Å². The molecule has 2 N–H and O–H groups in total. The second-order valence-corrected chi connectivity index (χ2v) is 5.22. The summed E-state index contributed by atoms with van der Waals surface area (Å²) in [6.07, 6.45) is 6.78. The molecule has 2 amide bonds. The fourth-order valence-electron chi connectivity index (χ4n) is 2.43. The van der Waals surface area contributed by atoms with Crippen LogP contribution in [0.3, 0.4) is 0 Å². The zero-order chi connectivity index (χ0) is 16.5. The summed E-state index contributed by atoms with van der Waals surface area (Å²) in [6, 6.07) is 0.0588. The van der Waals surface area contributed by atoms with Gasteiger partial charge in [0.2, 0.25) is 0 Å². The molecule has 1 rings (SSSR count). The summed E-state index contributed by atoms with van der Waals surface area (Å²) in [5.41, 5.74) is 0. The largest absolute Gasteiger partial charge is 0.480 e. The molecule has 6 nitrogen and oxygen atoms in total. The lowest BCUT2D eigenvalue weighted by molar-refractivity contribution is -0.139. The zero-order valence-corrected chi connectivity index (χ0v) is 13.1. The van der Waals surface area contributed by atoms with E-state index in [0.717, 1.165) is 12.8 Å². The summed E-state index contributed by atoms with van der Waals surface area (Å²) in [5.74, 6) is 7.19. The minimum atomic E-state index is -0.826. The highest BCUT2D eigenvalue weighted by molar-refractivity contribution is 5.75. The maximum Gasteiger partial charge on any atom is 0.319 e. The standard InChI is InChI=1S/C16H23N3O3/c1-4-7-9-19(8-5-2)16(22)17-13-10-14(11-13)18(6-3)12-15(20)21/h2,13-14H,6,8-12H2,1,3H3,(H,17,22)(H,20,21). The van der Waals surface area contributed by atoms with E-state index in [4.69, 9.17) is 11.5 Å². The normalized spacial score (nSPS) is 19.4. The minimum Gasteiger partial charge on any atom is -0.480 e. The number of urea groups is 1. The van der Waals surface area contributed by atoms with E-state index in [1.165, 1.54) is 4.90 Å². The molecule has 0 aromatic rings. The van der Waals surface area contributed by atoms with E-state index in [1.54, 1.807) is 6.92 Å². The SMILES string of the molecule is C#CCN(CC#CC)C(=O)NC1CC(N(CC)CC(=O)O)C1. The van der Waals surface area contributed by atoms with Crippen molar-refractivity contribution in [2.75, 3.05) is 26.2 Å². The van der Waals surface area contributed by atoms with E-state index in [9.17, 15) is 9.59 Å². The van der Waals surface area contributed by atoms with Crippen LogP contribution in [0.2, 0.25) is 0 Å². The maximum absolute atomic E-state index is 12.1. The van der Waals surface area contributed by atoms with Crippen LogP contribution in [0.1, 0.15) is 26.7 Å². The van der Waals surface area contributed by atoms with Gasteiger partial charge >= 0.3 is 12.0 Å². The number of hydrogen-bond donors (Lipinski definition) is 2. The van der Waals surface area contributed by atoms with Gasteiger partial charge in [0.25, 0.3) is 0 Å². The molecule has 1 aliphatic carbocycles. The van der Waals surface area contributed by atoms with Crippen molar-refractivity contribution in [3.63, 3.8) is 0 Å². The van der Waals surface area contributed by atoms with Gasteiger partial charge in [-0.3, -0.25) is 9.69 Å². The van der Waals surface area contributed by atoms with Crippen molar-refractivity contribution in [2.45, 2.75) is 38.8 Å². The third kappa shape index (κ3) is 5.31. The molecule has 0 aromatic carbocycles. The van der Waals surface area contributed by atoms with Gasteiger partial charge in [-0.25, -0.2) is 4.79 Å². The lowest BCUT2D eigenvalue weighted by Gasteiger charge is -2.42. The van der Waals surface area contributed by atoms with Gasteiger partial charge in [0.15, 0.2) is 0 Å². The molecule has 120 valence electrons. The van der Waals surface area contributed by atoms with Gasteiger partial charge < -0.3 is 15.3 Å². The smallest absolute Gasteiger partial charge is 0.319 e. The molecular formula is C16H23N3O3. The molecule has 0 heterocycles. The molecule has 1 fully saturated rings. The van der Waals surface area contributed by atoms with Gasteiger partial charge in [0.05, 0.1) is 19.6 Å². The highest BCUT2D eigenvalue weighted by Crippen LogP contribution is 2.25. The first-order valence-corrected chi connectivity index (χ1v) is 7.36. The molecule has 1 saturated carbocycles. The number of terminal acetylenes is 1. The van der Waals surface area contributed by atoms with Crippen molar-refractivity contribution in [1.82, 2.24) is 15.1 Å². The van der Waals surface area contributed by atoms with Crippen LogP contribution >= 0.6 is 0 Å². The predicted octanol–water partition coefficient (Wildman–Crippen LogP) is 0.592. The van der Waals surface area contributed by atoms with Crippen LogP contribution in [0.25, 0.3) is 0 Å². The quantitative estimate of drug-likeness (QED) is 0.675. The Kier molecular flexibility index (Phi) is 7.28. The van der Waals surface area contributed by atoms with Crippen LogP contribution in [-0.4, -0.2) is 65.2 Å². The molecule has 22 heavy (non-hydrogen) atoms. The van der Waals surface area contributed by atoms with Gasteiger partial charge in [-0.2, -0.15) is 0 Å². The van der Waals surface area contributed by atoms with Crippen LogP contribution in [0.5, 0.6) is 0 Å². The third-order valence-electron chi connectivity index (χ3n) is 3.72. The molecule has 0 unspecified atom stereocenters. The Labute approximate surface area is 131 Å². The molecule has 0 aliphatic heterocycles. The molecule has 0 spiro atoms. The maximum atomic E-state index is 12.1.